The average molecular weight is 422 g/mol. The normalized spacial score (nSPS) is 19.2. The van der Waals surface area contributed by atoms with Crippen LogP contribution in [0.1, 0.15) is 24.0 Å². The fourth-order valence-corrected chi connectivity index (χ4v) is 4.88. The maximum absolute atomic E-state index is 13.3. The van der Waals surface area contributed by atoms with Crippen LogP contribution in [0.3, 0.4) is 0 Å². The summed E-state index contributed by atoms with van der Waals surface area (Å²) in [5.41, 5.74) is 4.85. The van der Waals surface area contributed by atoms with E-state index in [1.54, 1.807) is 6.07 Å². The first kappa shape index (κ1) is 17.4. The van der Waals surface area contributed by atoms with Crippen LogP contribution in [-0.4, -0.2) is 35.0 Å². The molecular weight excluding hydrogens is 406 g/mol. The monoisotopic (exact) mass is 421 g/mol. The summed E-state index contributed by atoms with van der Waals surface area (Å²) < 4.78 is 11.0. The van der Waals surface area contributed by atoms with E-state index in [0.29, 0.717) is 22.1 Å². The highest BCUT2D eigenvalue weighted by Crippen LogP contribution is 2.49. The maximum Gasteiger partial charge on any atom is 0.259 e. The van der Waals surface area contributed by atoms with Gasteiger partial charge in [-0.05, 0) is 35.4 Å². The molecule has 2 N–H and O–H groups in total. The predicted molar refractivity (Wildman–Crippen MR) is 111 cm³/mol. The van der Waals surface area contributed by atoms with Gasteiger partial charge in [-0.1, -0.05) is 17.7 Å². The molecule has 0 saturated carbocycles. The van der Waals surface area contributed by atoms with Crippen LogP contribution >= 0.6 is 11.6 Å². The van der Waals surface area contributed by atoms with E-state index in [1.165, 1.54) is 11.8 Å². The lowest BCUT2D eigenvalue weighted by Crippen LogP contribution is -2.33. The van der Waals surface area contributed by atoms with Crippen LogP contribution in [0.2, 0.25) is 5.02 Å². The van der Waals surface area contributed by atoms with E-state index in [-0.39, 0.29) is 25.2 Å². The van der Waals surface area contributed by atoms with E-state index in [9.17, 15) is 9.59 Å². The lowest BCUT2D eigenvalue weighted by atomic mass is 9.84. The minimum Gasteiger partial charge on any atom is -0.454 e. The molecule has 4 heterocycles. The molecule has 0 aliphatic carbocycles. The minimum atomic E-state index is -0.422. The van der Waals surface area contributed by atoms with Crippen molar-refractivity contribution in [2.75, 3.05) is 18.7 Å². The highest BCUT2D eigenvalue weighted by molar-refractivity contribution is 6.32. The number of carbonyl (C=O) groups excluding carboxylic acids is 2. The number of aromatic nitrogens is 1. The Kier molecular flexibility index (Phi) is 3.50. The van der Waals surface area contributed by atoms with E-state index >= 15 is 0 Å². The van der Waals surface area contributed by atoms with E-state index in [2.05, 4.69) is 10.3 Å². The molecule has 1 aromatic heterocycles. The molecule has 3 aliphatic heterocycles. The van der Waals surface area contributed by atoms with Gasteiger partial charge in [0.15, 0.2) is 11.5 Å². The Labute approximate surface area is 176 Å². The molecule has 1 atom stereocenters. The zero-order valence-corrected chi connectivity index (χ0v) is 16.7. The molecule has 150 valence electrons. The van der Waals surface area contributed by atoms with Gasteiger partial charge in [-0.2, -0.15) is 0 Å². The standard InChI is InChI=1S/C22H16ClN3O4/c1-10(27)26-8-16-20(22(26)28)18(11-5-13(23)21-17(6-11)29-9-30-21)12-7-24-14-3-2-4-15(25-16)19(12)14/h2-7,18,24-25H,8-9H2,1H3. The van der Waals surface area contributed by atoms with Gasteiger partial charge in [0, 0.05) is 41.3 Å². The first-order chi connectivity index (χ1) is 14.5. The summed E-state index contributed by atoms with van der Waals surface area (Å²) >= 11 is 6.48. The second-order valence-corrected chi connectivity index (χ2v) is 7.98. The van der Waals surface area contributed by atoms with Crippen LogP contribution in [-0.2, 0) is 9.59 Å². The average Bonchev–Trinajstić information content (AvgIpc) is 3.40. The van der Waals surface area contributed by atoms with Crippen LogP contribution in [0.15, 0.2) is 47.8 Å². The first-order valence-electron chi connectivity index (χ1n) is 9.54. The van der Waals surface area contributed by atoms with Gasteiger partial charge >= 0.3 is 0 Å². The highest BCUT2D eigenvalue weighted by atomic mass is 35.5. The quantitative estimate of drug-likeness (QED) is 0.625. The number of nitrogens with one attached hydrogen (secondary N) is 2. The minimum absolute atomic E-state index is 0.104. The molecule has 1 unspecified atom stereocenters. The lowest BCUT2D eigenvalue weighted by Gasteiger charge is -2.20. The van der Waals surface area contributed by atoms with Crippen molar-refractivity contribution in [1.29, 1.82) is 0 Å². The number of nitrogens with zero attached hydrogens (tertiary/aromatic N) is 1. The smallest absolute Gasteiger partial charge is 0.259 e. The number of hydrogen-bond donors (Lipinski definition) is 2. The number of amides is 2. The molecule has 0 radical (unpaired) electrons. The van der Waals surface area contributed by atoms with Crippen molar-refractivity contribution in [1.82, 2.24) is 9.88 Å². The van der Waals surface area contributed by atoms with E-state index < -0.39 is 5.92 Å². The van der Waals surface area contributed by atoms with Crippen molar-refractivity contribution in [3.05, 3.63) is 63.9 Å². The Morgan fingerprint density at radius 1 is 1.27 bits per heavy atom. The van der Waals surface area contributed by atoms with Gasteiger partial charge in [-0.3, -0.25) is 14.5 Å². The van der Waals surface area contributed by atoms with Crippen molar-refractivity contribution in [3.63, 3.8) is 0 Å². The van der Waals surface area contributed by atoms with Crippen LogP contribution in [0, 0.1) is 0 Å². The fourth-order valence-electron chi connectivity index (χ4n) is 4.61. The van der Waals surface area contributed by atoms with Crippen LogP contribution in [0.4, 0.5) is 5.69 Å². The molecule has 2 amide bonds. The molecular formula is C22H16ClN3O4. The number of imide groups is 1. The summed E-state index contributed by atoms with van der Waals surface area (Å²) in [7, 11) is 0. The van der Waals surface area contributed by atoms with Gasteiger partial charge < -0.3 is 19.8 Å². The molecule has 2 aromatic carbocycles. The zero-order valence-electron chi connectivity index (χ0n) is 15.9. The third-order valence-corrected chi connectivity index (χ3v) is 6.18. The second-order valence-electron chi connectivity index (χ2n) is 7.57. The molecule has 30 heavy (non-hydrogen) atoms. The van der Waals surface area contributed by atoms with Crippen molar-refractivity contribution in [3.8, 4) is 11.5 Å². The zero-order chi connectivity index (χ0) is 20.6. The summed E-state index contributed by atoms with van der Waals surface area (Å²) in [5.74, 6) is 0.0411. The number of carbonyl (C=O) groups is 2. The molecule has 0 bridgehead atoms. The van der Waals surface area contributed by atoms with Crippen molar-refractivity contribution >= 4 is 40.0 Å². The van der Waals surface area contributed by atoms with Gasteiger partial charge in [0.2, 0.25) is 12.7 Å². The number of fused-ring (bicyclic) bond motifs is 1. The molecule has 0 fully saturated rings. The lowest BCUT2D eigenvalue weighted by molar-refractivity contribution is -0.139. The Hall–Kier alpha value is -3.45. The molecule has 8 heteroatoms. The summed E-state index contributed by atoms with van der Waals surface area (Å²) in [4.78, 5) is 30.0. The predicted octanol–water partition coefficient (Wildman–Crippen LogP) is 3.75. The molecule has 3 aromatic rings. The third kappa shape index (κ3) is 2.26. The Morgan fingerprint density at radius 3 is 2.97 bits per heavy atom. The number of hydrogen-bond acceptors (Lipinski definition) is 5. The first-order valence-corrected chi connectivity index (χ1v) is 9.92. The third-order valence-electron chi connectivity index (χ3n) is 5.90. The van der Waals surface area contributed by atoms with Gasteiger partial charge in [-0.25, -0.2) is 0 Å². The van der Waals surface area contributed by atoms with Crippen LogP contribution in [0.5, 0.6) is 11.5 Å². The van der Waals surface area contributed by atoms with E-state index in [4.69, 9.17) is 21.1 Å². The second kappa shape index (κ2) is 6.03. The Bertz CT molecular complexity index is 1310. The fraction of sp³-hybridized carbons (Fsp3) is 0.182. The van der Waals surface area contributed by atoms with Crippen molar-refractivity contribution < 1.29 is 19.1 Å². The molecule has 0 spiro atoms. The Morgan fingerprint density at radius 2 is 2.13 bits per heavy atom. The molecule has 6 rings (SSSR count). The van der Waals surface area contributed by atoms with Gasteiger partial charge in [0.1, 0.15) is 0 Å². The van der Waals surface area contributed by atoms with Crippen LogP contribution < -0.4 is 14.8 Å². The number of aromatic amines is 1. The molecule has 0 saturated heterocycles. The number of halogens is 1. The SMILES string of the molecule is CC(=O)N1CC2=C(C1=O)C(c1cc(Cl)c3c(c1)OCO3)c1c[nH]c3cccc(c13)N2. The number of rotatable bonds is 1. The number of H-pyrrole nitrogens is 1. The van der Waals surface area contributed by atoms with Gasteiger partial charge in [-0.15, -0.1) is 0 Å². The van der Waals surface area contributed by atoms with Gasteiger partial charge in [0.05, 0.1) is 17.1 Å². The van der Waals surface area contributed by atoms with Crippen LogP contribution in [0.25, 0.3) is 10.9 Å². The largest absolute Gasteiger partial charge is 0.454 e. The van der Waals surface area contributed by atoms with E-state index in [1.807, 2.05) is 30.5 Å². The molecule has 7 nitrogen and oxygen atoms in total. The van der Waals surface area contributed by atoms with Crippen molar-refractivity contribution in [2.45, 2.75) is 12.8 Å². The summed E-state index contributed by atoms with van der Waals surface area (Å²) in [5, 5.41) is 4.84. The highest BCUT2D eigenvalue weighted by Gasteiger charge is 2.41. The summed E-state index contributed by atoms with van der Waals surface area (Å²) in [6, 6.07) is 9.58. The summed E-state index contributed by atoms with van der Waals surface area (Å²) in [6.45, 7) is 1.72. The van der Waals surface area contributed by atoms with Gasteiger partial charge in [0.25, 0.3) is 5.91 Å². The number of benzene rings is 2. The maximum atomic E-state index is 13.3. The summed E-state index contributed by atoms with van der Waals surface area (Å²) in [6.07, 6.45) is 1.92. The number of anilines is 1. The molecule has 3 aliphatic rings. The number of ether oxygens (including phenoxy) is 2. The Balaban J connectivity index is 1.63. The van der Waals surface area contributed by atoms with E-state index in [0.717, 1.165) is 33.4 Å². The topological polar surface area (TPSA) is 83.7 Å². The van der Waals surface area contributed by atoms with Crippen molar-refractivity contribution in [2.24, 2.45) is 0 Å².